The fourth-order valence-electron chi connectivity index (χ4n) is 4.01. The molecule has 204 valence electrons. The van der Waals surface area contributed by atoms with Crippen LogP contribution in [0.5, 0.6) is 0 Å². The highest BCUT2D eigenvalue weighted by molar-refractivity contribution is 5.95. The lowest BCUT2D eigenvalue weighted by Crippen LogP contribution is -2.48. The van der Waals surface area contributed by atoms with Gasteiger partial charge in [-0.25, -0.2) is 4.79 Å². The molecule has 1 amide bonds. The van der Waals surface area contributed by atoms with Crippen LogP contribution in [0.3, 0.4) is 0 Å². The smallest absolute Gasteiger partial charge is 0.437 e. The van der Waals surface area contributed by atoms with Gasteiger partial charge in [0.1, 0.15) is 11.4 Å². The summed E-state index contributed by atoms with van der Waals surface area (Å²) in [4.78, 5) is 28.5. The number of carbonyl (C=O) groups is 2. The molecule has 8 nitrogen and oxygen atoms in total. The van der Waals surface area contributed by atoms with Crippen LogP contribution in [0, 0.1) is 0 Å². The average molecular weight is 521 g/mol. The Morgan fingerprint density at radius 2 is 1.55 bits per heavy atom. The Labute approximate surface area is 225 Å². The van der Waals surface area contributed by atoms with E-state index in [1.165, 1.54) is 6.20 Å². The van der Waals surface area contributed by atoms with Gasteiger partial charge in [0.2, 0.25) is 0 Å². The number of amides is 1. The second-order valence-corrected chi connectivity index (χ2v) is 10.4. The summed E-state index contributed by atoms with van der Waals surface area (Å²) in [7, 11) is 0. The lowest BCUT2D eigenvalue weighted by Gasteiger charge is -2.34. The Morgan fingerprint density at radius 3 is 2.08 bits per heavy atom. The highest BCUT2D eigenvalue weighted by Crippen LogP contribution is 2.20. The van der Waals surface area contributed by atoms with Crippen molar-refractivity contribution in [2.24, 2.45) is 0 Å². The largest absolute Gasteiger partial charge is 0.442 e. The Balaban J connectivity index is 1.85. The van der Waals surface area contributed by atoms with Gasteiger partial charge < -0.3 is 14.8 Å². The number of rotatable bonds is 12. The first-order valence-corrected chi connectivity index (χ1v) is 13.2. The van der Waals surface area contributed by atoms with Crippen molar-refractivity contribution >= 4 is 17.8 Å². The molecule has 2 atom stereocenters. The molecule has 1 heterocycles. The summed E-state index contributed by atoms with van der Waals surface area (Å²) in [6.45, 7) is 11.2. The summed E-state index contributed by atoms with van der Waals surface area (Å²) in [5, 5.41) is 6.91. The molecule has 1 aromatic heterocycles. The number of nitrogens with zero attached hydrogens (tertiary/aromatic N) is 3. The number of hydrogen-bond donors (Lipinski definition) is 1. The van der Waals surface area contributed by atoms with Crippen LogP contribution in [0.15, 0.2) is 72.9 Å². The standard InChI is InChI=1S/C30H40N4O4/c1-6-7-20-37-27(28(35)32-26-18-19-31-34(26)29(36)38-30(3,4)5)23(2)33(21-24-14-10-8-11-15-24)22-25-16-12-9-13-17-25/h8-19,23,27H,6-7,20-22H2,1-5H3,(H,32,35)/t23-,27?/m0/s1. The van der Waals surface area contributed by atoms with Crippen LogP contribution in [0.25, 0.3) is 0 Å². The van der Waals surface area contributed by atoms with Gasteiger partial charge in [-0.1, -0.05) is 74.0 Å². The molecule has 0 fully saturated rings. The minimum Gasteiger partial charge on any atom is -0.442 e. The minimum atomic E-state index is -0.782. The van der Waals surface area contributed by atoms with Gasteiger partial charge in [0.25, 0.3) is 5.91 Å². The molecule has 0 aliphatic heterocycles. The van der Waals surface area contributed by atoms with E-state index in [1.54, 1.807) is 26.8 Å². The molecule has 8 heteroatoms. The molecule has 3 aromatic rings. The first kappa shape index (κ1) is 29.1. The van der Waals surface area contributed by atoms with Crippen molar-refractivity contribution in [1.82, 2.24) is 14.7 Å². The van der Waals surface area contributed by atoms with Crippen LogP contribution >= 0.6 is 0 Å². The molecule has 38 heavy (non-hydrogen) atoms. The normalized spacial score (nSPS) is 13.2. The molecular weight excluding hydrogens is 480 g/mol. The quantitative estimate of drug-likeness (QED) is 0.300. The molecule has 0 bridgehead atoms. The van der Waals surface area contributed by atoms with E-state index in [0.29, 0.717) is 19.7 Å². The molecular formula is C30H40N4O4. The van der Waals surface area contributed by atoms with Crippen molar-refractivity contribution in [3.05, 3.63) is 84.1 Å². The highest BCUT2D eigenvalue weighted by atomic mass is 16.6. The summed E-state index contributed by atoms with van der Waals surface area (Å²) < 4.78 is 12.7. The van der Waals surface area contributed by atoms with Crippen LogP contribution in [0.4, 0.5) is 10.6 Å². The average Bonchev–Trinajstić information content (AvgIpc) is 3.34. The molecule has 0 saturated heterocycles. The maximum atomic E-state index is 13.7. The lowest BCUT2D eigenvalue weighted by atomic mass is 10.1. The van der Waals surface area contributed by atoms with Crippen LogP contribution in [0.1, 0.15) is 58.6 Å². The van der Waals surface area contributed by atoms with Gasteiger partial charge >= 0.3 is 6.09 Å². The first-order chi connectivity index (χ1) is 18.2. The number of hydrogen-bond acceptors (Lipinski definition) is 6. The topological polar surface area (TPSA) is 85.7 Å². The molecule has 0 radical (unpaired) electrons. The summed E-state index contributed by atoms with van der Waals surface area (Å²) in [6.07, 6.45) is 1.79. The van der Waals surface area contributed by atoms with E-state index in [-0.39, 0.29) is 17.8 Å². The van der Waals surface area contributed by atoms with Gasteiger partial charge in [0.05, 0.1) is 6.20 Å². The van der Waals surface area contributed by atoms with E-state index in [4.69, 9.17) is 9.47 Å². The van der Waals surface area contributed by atoms with E-state index >= 15 is 0 Å². The van der Waals surface area contributed by atoms with Gasteiger partial charge in [0, 0.05) is 31.8 Å². The fraction of sp³-hybridized carbons (Fsp3) is 0.433. The molecule has 1 unspecified atom stereocenters. The number of nitrogens with one attached hydrogen (secondary N) is 1. The van der Waals surface area contributed by atoms with Crippen LogP contribution in [-0.4, -0.2) is 51.0 Å². The van der Waals surface area contributed by atoms with Crippen molar-refractivity contribution in [2.75, 3.05) is 11.9 Å². The number of ether oxygens (including phenoxy) is 2. The molecule has 0 aliphatic rings. The molecule has 0 aliphatic carbocycles. The molecule has 2 aromatic carbocycles. The summed E-state index contributed by atoms with van der Waals surface area (Å²) in [6, 6.07) is 21.7. The van der Waals surface area contributed by atoms with E-state index in [0.717, 1.165) is 28.7 Å². The number of benzene rings is 2. The molecule has 1 N–H and O–H groups in total. The van der Waals surface area contributed by atoms with Crippen LogP contribution in [0.2, 0.25) is 0 Å². The Morgan fingerprint density at radius 1 is 0.974 bits per heavy atom. The van der Waals surface area contributed by atoms with E-state index in [9.17, 15) is 9.59 Å². The highest BCUT2D eigenvalue weighted by Gasteiger charge is 2.32. The summed E-state index contributed by atoms with van der Waals surface area (Å²) in [5.41, 5.74) is 1.59. The number of unbranched alkanes of at least 4 members (excludes halogenated alkanes) is 1. The zero-order valence-corrected chi connectivity index (χ0v) is 23.1. The van der Waals surface area contributed by atoms with Gasteiger partial charge in [-0.2, -0.15) is 5.10 Å². The number of carbonyl (C=O) groups excluding carboxylic acids is 2. The van der Waals surface area contributed by atoms with Crippen molar-refractivity contribution < 1.29 is 19.1 Å². The monoisotopic (exact) mass is 520 g/mol. The maximum Gasteiger partial charge on any atom is 0.437 e. The van der Waals surface area contributed by atoms with E-state index < -0.39 is 17.8 Å². The Bertz CT molecular complexity index is 1100. The Kier molecular flexibility index (Phi) is 10.6. The third-order valence-electron chi connectivity index (χ3n) is 5.99. The zero-order valence-electron chi connectivity index (χ0n) is 23.1. The van der Waals surface area contributed by atoms with Crippen molar-refractivity contribution in [2.45, 2.75) is 78.3 Å². The molecule has 0 spiro atoms. The second-order valence-electron chi connectivity index (χ2n) is 10.4. The van der Waals surface area contributed by atoms with Gasteiger partial charge in [0.15, 0.2) is 6.10 Å². The number of anilines is 1. The third kappa shape index (κ3) is 8.82. The van der Waals surface area contributed by atoms with Crippen LogP contribution < -0.4 is 5.32 Å². The third-order valence-corrected chi connectivity index (χ3v) is 5.99. The maximum absolute atomic E-state index is 13.7. The predicted molar refractivity (Wildman–Crippen MR) is 149 cm³/mol. The summed E-state index contributed by atoms with van der Waals surface area (Å²) in [5.74, 6) is -0.108. The summed E-state index contributed by atoms with van der Waals surface area (Å²) >= 11 is 0. The Hall–Kier alpha value is -3.49. The SMILES string of the molecule is CCCCOC(C(=O)Nc1ccnn1C(=O)OC(C)(C)C)[C@H](C)N(Cc1ccccc1)Cc1ccccc1. The van der Waals surface area contributed by atoms with E-state index in [1.807, 2.05) is 43.3 Å². The van der Waals surface area contributed by atoms with Crippen molar-refractivity contribution in [3.63, 3.8) is 0 Å². The predicted octanol–water partition coefficient (Wildman–Crippen LogP) is 5.88. The second kappa shape index (κ2) is 13.9. The minimum absolute atomic E-state index is 0.234. The zero-order chi connectivity index (χ0) is 27.5. The van der Waals surface area contributed by atoms with E-state index in [2.05, 4.69) is 46.5 Å². The first-order valence-electron chi connectivity index (χ1n) is 13.2. The molecule has 3 rings (SSSR count). The molecule has 0 saturated carbocycles. The van der Waals surface area contributed by atoms with Gasteiger partial charge in [-0.15, -0.1) is 4.68 Å². The van der Waals surface area contributed by atoms with Gasteiger partial charge in [-0.3, -0.25) is 9.69 Å². The van der Waals surface area contributed by atoms with Crippen LogP contribution in [-0.2, 0) is 27.4 Å². The van der Waals surface area contributed by atoms with Crippen molar-refractivity contribution in [3.8, 4) is 0 Å². The lowest BCUT2D eigenvalue weighted by molar-refractivity contribution is -0.132. The van der Waals surface area contributed by atoms with Crippen molar-refractivity contribution in [1.29, 1.82) is 0 Å². The fourth-order valence-corrected chi connectivity index (χ4v) is 4.01. The van der Waals surface area contributed by atoms with Gasteiger partial charge in [-0.05, 0) is 45.2 Å². The number of aromatic nitrogens is 2.